The predicted molar refractivity (Wildman–Crippen MR) is 59.1 cm³/mol. The van der Waals surface area contributed by atoms with Crippen molar-refractivity contribution < 1.29 is 9.53 Å². The molecule has 4 nitrogen and oxygen atoms in total. The monoisotopic (exact) mass is 216 g/mol. The zero-order valence-corrected chi connectivity index (χ0v) is 9.23. The molecule has 1 heterocycles. The van der Waals surface area contributed by atoms with Gasteiger partial charge in [0, 0.05) is 0 Å². The van der Waals surface area contributed by atoms with E-state index in [1.807, 2.05) is 38.1 Å². The first-order valence-electron chi connectivity index (χ1n) is 5.07. The number of nitriles is 1. The molecule has 1 atom stereocenters. The van der Waals surface area contributed by atoms with Crippen molar-refractivity contribution in [3.63, 3.8) is 0 Å². The van der Waals surface area contributed by atoms with E-state index >= 15 is 0 Å². The van der Waals surface area contributed by atoms with Gasteiger partial charge in [-0.25, -0.2) is 4.79 Å². The number of rotatable bonds is 1. The second kappa shape index (κ2) is 3.86. The van der Waals surface area contributed by atoms with E-state index in [9.17, 15) is 4.79 Å². The smallest absolute Gasteiger partial charge is 0.415 e. The Hall–Kier alpha value is -2.02. The minimum atomic E-state index is -0.659. The van der Waals surface area contributed by atoms with Crippen LogP contribution in [0.2, 0.25) is 0 Å². The molecule has 1 saturated heterocycles. The van der Waals surface area contributed by atoms with Gasteiger partial charge in [0.05, 0.1) is 12.2 Å². The molecule has 16 heavy (non-hydrogen) atoms. The maximum absolute atomic E-state index is 11.5. The fraction of sp³-hybridized carbons (Fsp3) is 0.333. The molecule has 4 heteroatoms. The third-order valence-electron chi connectivity index (χ3n) is 2.60. The Morgan fingerprint density at radius 1 is 1.50 bits per heavy atom. The molecule has 0 aliphatic carbocycles. The normalized spacial score (nSPS) is 19.4. The van der Waals surface area contributed by atoms with E-state index in [0.717, 1.165) is 16.8 Å². The van der Waals surface area contributed by atoms with E-state index in [1.165, 1.54) is 4.90 Å². The molecule has 1 aliphatic rings. The minimum Gasteiger partial charge on any atom is -0.428 e. The number of nitrogens with zero attached hydrogens (tertiary/aromatic N) is 2. The number of anilines is 1. The highest BCUT2D eigenvalue weighted by atomic mass is 16.6. The van der Waals surface area contributed by atoms with Crippen LogP contribution in [0.25, 0.3) is 0 Å². The minimum absolute atomic E-state index is 0.305. The molecule has 0 bridgehead atoms. The van der Waals surface area contributed by atoms with Crippen molar-refractivity contribution in [2.45, 2.75) is 20.0 Å². The summed E-state index contributed by atoms with van der Waals surface area (Å²) in [4.78, 5) is 13.0. The van der Waals surface area contributed by atoms with Gasteiger partial charge in [0.1, 0.15) is 6.07 Å². The van der Waals surface area contributed by atoms with Crippen LogP contribution in [0.1, 0.15) is 11.1 Å². The number of amides is 1. The maximum Gasteiger partial charge on any atom is 0.415 e. The Morgan fingerprint density at radius 2 is 2.25 bits per heavy atom. The first-order chi connectivity index (χ1) is 7.61. The summed E-state index contributed by atoms with van der Waals surface area (Å²) in [5, 5.41) is 8.71. The van der Waals surface area contributed by atoms with Gasteiger partial charge in [-0.2, -0.15) is 5.26 Å². The van der Waals surface area contributed by atoms with Gasteiger partial charge < -0.3 is 4.74 Å². The number of carbonyl (C=O) groups is 1. The molecule has 0 N–H and O–H groups in total. The Morgan fingerprint density at radius 3 is 2.81 bits per heavy atom. The van der Waals surface area contributed by atoms with Crippen LogP contribution in [0.15, 0.2) is 18.2 Å². The van der Waals surface area contributed by atoms with Crippen molar-refractivity contribution >= 4 is 11.8 Å². The zero-order valence-electron chi connectivity index (χ0n) is 9.23. The van der Waals surface area contributed by atoms with Crippen molar-refractivity contribution in [1.82, 2.24) is 0 Å². The van der Waals surface area contributed by atoms with Crippen molar-refractivity contribution in [2.24, 2.45) is 0 Å². The second-order valence-electron chi connectivity index (χ2n) is 3.90. The summed E-state index contributed by atoms with van der Waals surface area (Å²) in [5.41, 5.74) is 2.97. The molecule has 0 aromatic heterocycles. The average Bonchev–Trinajstić information content (AvgIpc) is 2.60. The number of benzene rings is 1. The Labute approximate surface area is 94.0 Å². The molecular weight excluding hydrogens is 204 g/mol. The van der Waals surface area contributed by atoms with Crippen LogP contribution in [-0.4, -0.2) is 18.7 Å². The maximum atomic E-state index is 11.5. The Kier molecular flexibility index (Phi) is 2.53. The molecule has 1 aromatic carbocycles. The van der Waals surface area contributed by atoms with E-state index in [2.05, 4.69) is 0 Å². The molecule has 1 fully saturated rings. The van der Waals surface area contributed by atoms with Gasteiger partial charge in [-0.15, -0.1) is 0 Å². The fourth-order valence-electron chi connectivity index (χ4n) is 1.84. The highest BCUT2D eigenvalue weighted by Crippen LogP contribution is 2.25. The average molecular weight is 216 g/mol. The highest BCUT2D eigenvalue weighted by molar-refractivity contribution is 5.91. The molecule has 1 aliphatic heterocycles. The molecule has 0 spiro atoms. The molecule has 82 valence electrons. The van der Waals surface area contributed by atoms with E-state index in [1.54, 1.807) is 0 Å². The van der Waals surface area contributed by atoms with Crippen LogP contribution in [0.4, 0.5) is 10.5 Å². The van der Waals surface area contributed by atoms with E-state index < -0.39 is 12.2 Å². The van der Waals surface area contributed by atoms with Gasteiger partial charge in [-0.05, 0) is 25.5 Å². The van der Waals surface area contributed by atoms with Crippen LogP contribution < -0.4 is 4.90 Å². The molecule has 1 unspecified atom stereocenters. The Balaban J connectivity index is 2.32. The first kappa shape index (κ1) is 10.5. The molecule has 0 radical (unpaired) electrons. The molecule has 0 saturated carbocycles. The summed E-state index contributed by atoms with van der Waals surface area (Å²) in [5.74, 6) is 0. The third-order valence-corrected chi connectivity index (χ3v) is 2.60. The van der Waals surface area contributed by atoms with Gasteiger partial charge >= 0.3 is 6.09 Å². The lowest BCUT2D eigenvalue weighted by atomic mass is 10.1. The number of cyclic esters (lactones) is 1. The number of carbonyl (C=O) groups excluding carboxylic acids is 1. The summed E-state index contributed by atoms with van der Waals surface area (Å²) >= 11 is 0. The number of aryl methyl sites for hydroxylation is 2. The van der Waals surface area contributed by atoms with Crippen molar-refractivity contribution in [3.05, 3.63) is 29.3 Å². The third kappa shape index (κ3) is 1.72. The van der Waals surface area contributed by atoms with Crippen LogP contribution in [-0.2, 0) is 4.74 Å². The molecule has 1 aromatic rings. The second-order valence-corrected chi connectivity index (χ2v) is 3.90. The summed E-state index contributed by atoms with van der Waals surface area (Å²) < 4.78 is 4.89. The lowest BCUT2D eigenvalue weighted by Gasteiger charge is -2.15. The standard InChI is InChI=1S/C12H12N2O2/c1-8-3-4-11(9(2)5-8)14-7-10(6-13)16-12(14)15/h3-5,10H,7H2,1-2H3. The first-order valence-corrected chi connectivity index (χ1v) is 5.07. The van der Waals surface area contributed by atoms with Crippen molar-refractivity contribution in [2.75, 3.05) is 11.4 Å². The fourth-order valence-corrected chi connectivity index (χ4v) is 1.84. The molecular formula is C12H12N2O2. The quantitative estimate of drug-likeness (QED) is 0.722. The number of ether oxygens (including phenoxy) is 1. The summed E-state index contributed by atoms with van der Waals surface area (Å²) in [6, 6.07) is 7.76. The van der Waals surface area contributed by atoms with Gasteiger partial charge in [-0.1, -0.05) is 17.7 Å². The number of hydrogen-bond donors (Lipinski definition) is 0. The van der Waals surface area contributed by atoms with Crippen LogP contribution in [0.5, 0.6) is 0 Å². The molecule has 1 amide bonds. The lowest BCUT2D eigenvalue weighted by Crippen LogP contribution is -2.25. The van der Waals surface area contributed by atoms with E-state index in [0.29, 0.717) is 6.54 Å². The van der Waals surface area contributed by atoms with Gasteiger partial charge in [-0.3, -0.25) is 4.90 Å². The van der Waals surface area contributed by atoms with Crippen LogP contribution in [0.3, 0.4) is 0 Å². The van der Waals surface area contributed by atoms with E-state index in [-0.39, 0.29) is 0 Å². The summed E-state index contributed by atoms with van der Waals surface area (Å²) in [6.07, 6.45) is -1.10. The Bertz CT molecular complexity index is 476. The van der Waals surface area contributed by atoms with Gasteiger partial charge in [0.2, 0.25) is 6.10 Å². The van der Waals surface area contributed by atoms with Crippen molar-refractivity contribution in [3.8, 4) is 6.07 Å². The summed E-state index contributed by atoms with van der Waals surface area (Å²) in [6.45, 7) is 4.24. The zero-order chi connectivity index (χ0) is 11.7. The van der Waals surface area contributed by atoms with Gasteiger partial charge in [0.15, 0.2) is 0 Å². The summed E-state index contributed by atoms with van der Waals surface area (Å²) in [7, 11) is 0. The SMILES string of the molecule is Cc1ccc(N2CC(C#N)OC2=O)c(C)c1. The molecule has 2 rings (SSSR count). The highest BCUT2D eigenvalue weighted by Gasteiger charge is 2.32. The van der Waals surface area contributed by atoms with Crippen LogP contribution in [0, 0.1) is 25.2 Å². The lowest BCUT2D eigenvalue weighted by molar-refractivity contribution is 0.162. The van der Waals surface area contributed by atoms with E-state index in [4.69, 9.17) is 10.00 Å². The number of hydrogen-bond acceptors (Lipinski definition) is 3. The predicted octanol–water partition coefficient (Wildman–Crippen LogP) is 2.15. The van der Waals surface area contributed by atoms with Crippen molar-refractivity contribution in [1.29, 1.82) is 5.26 Å². The van der Waals surface area contributed by atoms with Gasteiger partial charge in [0.25, 0.3) is 0 Å². The topological polar surface area (TPSA) is 53.3 Å². The largest absolute Gasteiger partial charge is 0.428 e. The van der Waals surface area contributed by atoms with Crippen LogP contribution >= 0.6 is 0 Å².